The van der Waals surface area contributed by atoms with Crippen LogP contribution in [0, 0.1) is 0 Å². The predicted molar refractivity (Wildman–Crippen MR) is 114 cm³/mol. The summed E-state index contributed by atoms with van der Waals surface area (Å²) in [6, 6.07) is 14.9. The van der Waals surface area contributed by atoms with Crippen LogP contribution >= 0.6 is 0 Å². The van der Waals surface area contributed by atoms with Crippen molar-refractivity contribution in [2.24, 2.45) is 0 Å². The van der Waals surface area contributed by atoms with Gasteiger partial charge in [-0.15, -0.1) is 0 Å². The average Bonchev–Trinajstić information content (AvgIpc) is 2.69. The Balaban J connectivity index is 1.71. The van der Waals surface area contributed by atoms with Gasteiger partial charge >= 0.3 is 0 Å². The summed E-state index contributed by atoms with van der Waals surface area (Å²) in [5.74, 6) is 0.00785. The van der Waals surface area contributed by atoms with E-state index in [9.17, 15) is 9.90 Å². The summed E-state index contributed by atoms with van der Waals surface area (Å²) < 4.78 is 0. The molecule has 0 spiro atoms. The van der Waals surface area contributed by atoms with Crippen LogP contribution in [0.5, 0.6) is 5.75 Å². The van der Waals surface area contributed by atoms with Gasteiger partial charge in [0.05, 0.1) is 0 Å². The number of phenolic OH excluding ortho intramolecular Hbond substituents is 1. The number of carbonyl (C=O) groups is 1. The zero-order valence-corrected chi connectivity index (χ0v) is 16.5. The molecule has 2 aromatic rings. The van der Waals surface area contributed by atoms with Crippen LogP contribution in [-0.4, -0.2) is 10.9 Å². The van der Waals surface area contributed by atoms with E-state index in [2.05, 4.69) is 31.2 Å². The molecule has 0 radical (unpaired) electrons. The third-order valence-corrected chi connectivity index (χ3v) is 4.86. The van der Waals surface area contributed by atoms with E-state index in [1.807, 2.05) is 6.08 Å². The molecular weight excluding hydrogens is 332 g/mol. The van der Waals surface area contributed by atoms with E-state index in [0.717, 1.165) is 12.0 Å². The van der Waals surface area contributed by atoms with Gasteiger partial charge in [-0.25, -0.2) is 0 Å². The van der Waals surface area contributed by atoms with Crippen molar-refractivity contribution in [1.82, 2.24) is 0 Å². The summed E-state index contributed by atoms with van der Waals surface area (Å²) in [4.78, 5) is 12.1. The van der Waals surface area contributed by atoms with E-state index in [1.165, 1.54) is 63.0 Å². The van der Waals surface area contributed by atoms with Crippen molar-refractivity contribution in [2.75, 3.05) is 0 Å². The van der Waals surface area contributed by atoms with Crippen molar-refractivity contribution in [3.05, 3.63) is 71.3 Å². The van der Waals surface area contributed by atoms with Gasteiger partial charge < -0.3 is 5.11 Å². The number of aromatic hydroxyl groups is 1. The maximum absolute atomic E-state index is 12.1. The molecular formula is C25H32O2. The molecule has 0 amide bonds. The first-order valence-electron chi connectivity index (χ1n) is 10.3. The Bertz CT molecular complexity index is 713. The van der Waals surface area contributed by atoms with Crippen LogP contribution in [0.15, 0.2) is 54.6 Å². The van der Waals surface area contributed by atoms with Crippen molar-refractivity contribution in [3.8, 4) is 5.75 Å². The second-order valence-electron chi connectivity index (χ2n) is 7.21. The fourth-order valence-electron chi connectivity index (χ4n) is 3.19. The molecule has 0 aromatic heterocycles. The first kappa shape index (κ1) is 21.0. The first-order chi connectivity index (χ1) is 13.2. The molecule has 0 fully saturated rings. The normalized spacial score (nSPS) is 11.1. The Kier molecular flexibility index (Phi) is 9.40. The molecule has 0 aliphatic rings. The highest BCUT2D eigenvalue weighted by atomic mass is 16.3. The van der Waals surface area contributed by atoms with Gasteiger partial charge in [0.2, 0.25) is 0 Å². The fraction of sp³-hybridized carbons (Fsp3) is 0.400. The summed E-state index contributed by atoms with van der Waals surface area (Å²) in [5.41, 5.74) is 2.87. The molecule has 2 nitrogen and oxygen atoms in total. The summed E-state index contributed by atoms with van der Waals surface area (Å²) in [5, 5.41) is 9.45. The fourth-order valence-corrected chi connectivity index (χ4v) is 3.19. The van der Waals surface area contributed by atoms with Crippen molar-refractivity contribution in [3.63, 3.8) is 0 Å². The Morgan fingerprint density at radius 2 is 1.56 bits per heavy atom. The first-order valence-corrected chi connectivity index (χ1v) is 10.3. The van der Waals surface area contributed by atoms with Crippen LogP contribution in [0.1, 0.15) is 79.8 Å². The van der Waals surface area contributed by atoms with Crippen LogP contribution in [0.2, 0.25) is 0 Å². The zero-order valence-electron chi connectivity index (χ0n) is 16.5. The third kappa shape index (κ3) is 8.25. The standard InChI is InChI=1S/C25H32O2/c1-2-3-4-5-6-7-8-9-11-21-14-16-22(17-15-21)18-19-25(27)23-12-10-13-24(26)20-23/h10,12-20,26H,2-9,11H2,1H3. The van der Waals surface area contributed by atoms with Gasteiger partial charge in [0, 0.05) is 5.56 Å². The minimum Gasteiger partial charge on any atom is -0.508 e. The molecule has 0 unspecified atom stereocenters. The number of benzene rings is 2. The molecule has 2 rings (SSSR count). The van der Waals surface area contributed by atoms with Gasteiger partial charge in [0.25, 0.3) is 0 Å². The lowest BCUT2D eigenvalue weighted by Gasteiger charge is -2.03. The van der Waals surface area contributed by atoms with Crippen LogP contribution in [0.25, 0.3) is 6.08 Å². The van der Waals surface area contributed by atoms with Gasteiger partial charge in [-0.2, -0.15) is 0 Å². The highest BCUT2D eigenvalue weighted by Crippen LogP contribution is 2.14. The van der Waals surface area contributed by atoms with Crippen molar-refractivity contribution < 1.29 is 9.90 Å². The maximum atomic E-state index is 12.1. The highest BCUT2D eigenvalue weighted by Gasteiger charge is 2.02. The van der Waals surface area contributed by atoms with E-state index >= 15 is 0 Å². The highest BCUT2D eigenvalue weighted by molar-refractivity contribution is 6.07. The van der Waals surface area contributed by atoms with Crippen LogP contribution in [0.4, 0.5) is 0 Å². The molecule has 1 N–H and O–H groups in total. The lowest BCUT2D eigenvalue weighted by atomic mass is 10.0. The molecule has 0 aliphatic carbocycles. The predicted octanol–water partition coefficient (Wildman–Crippen LogP) is 6.97. The van der Waals surface area contributed by atoms with Crippen molar-refractivity contribution >= 4 is 11.9 Å². The second-order valence-corrected chi connectivity index (χ2v) is 7.21. The number of aryl methyl sites for hydroxylation is 1. The number of unbranched alkanes of at least 4 members (excludes halogenated alkanes) is 7. The number of hydrogen-bond donors (Lipinski definition) is 1. The molecule has 0 saturated heterocycles. The van der Waals surface area contributed by atoms with E-state index in [1.54, 1.807) is 24.3 Å². The Labute approximate surface area is 163 Å². The molecule has 0 bridgehead atoms. The zero-order chi connectivity index (χ0) is 19.3. The topological polar surface area (TPSA) is 37.3 Å². The number of hydrogen-bond acceptors (Lipinski definition) is 2. The molecule has 0 saturated carbocycles. The van der Waals surface area contributed by atoms with Gasteiger partial charge in [0.15, 0.2) is 5.78 Å². The number of carbonyl (C=O) groups excluding carboxylic acids is 1. The van der Waals surface area contributed by atoms with Crippen LogP contribution in [0.3, 0.4) is 0 Å². The van der Waals surface area contributed by atoms with E-state index in [0.29, 0.717) is 5.56 Å². The monoisotopic (exact) mass is 364 g/mol. The summed E-state index contributed by atoms with van der Waals surface area (Å²) in [6.07, 6.45) is 15.3. The SMILES string of the molecule is CCCCCCCCCCc1ccc(C=CC(=O)c2cccc(O)c2)cc1. The molecule has 2 heteroatoms. The van der Waals surface area contributed by atoms with Gasteiger partial charge in [-0.05, 0) is 42.2 Å². The summed E-state index contributed by atoms with van der Waals surface area (Å²) in [6.45, 7) is 2.26. The van der Waals surface area contributed by atoms with E-state index in [-0.39, 0.29) is 11.5 Å². The van der Waals surface area contributed by atoms with Crippen molar-refractivity contribution in [2.45, 2.75) is 64.7 Å². The maximum Gasteiger partial charge on any atom is 0.185 e. The third-order valence-electron chi connectivity index (χ3n) is 4.86. The summed E-state index contributed by atoms with van der Waals surface area (Å²) >= 11 is 0. The lowest BCUT2D eigenvalue weighted by Crippen LogP contribution is -1.93. The Hall–Kier alpha value is -2.35. The molecule has 0 aliphatic heterocycles. The minimum absolute atomic E-state index is 0.103. The largest absolute Gasteiger partial charge is 0.508 e. The van der Waals surface area contributed by atoms with E-state index < -0.39 is 0 Å². The Morgan fingerprint density at radius 3 is 2.22 bits per heavy atom. The van der Waals surface area contributed by atoms with Crippen LogP contribution < -0.4 is 0 Å². The van der Waals surface area contributed by atoms with E-state index in [4.69, 9.17) is 0 Å². The number of phenols is 1. The van der Waals surface area contributed by atoms with Crippen LogP contribution in [-0.2, 0) is 6.42 Å². The molecule has 144 valence electrons. The second kappa shape index (κ2) is 12.1. The molecule has 27 heavy (non-hydrogen) atoms. The van der Waals surface area contributed by atoms with Gasteiger partial charge in [-0.3, -0.25) is 4.79 Å². The molecule has 2 aromatic carbocycles. The number of ketones is 1. The smallest absolute Gasteiger partial charge is 0.185 e. The minimum atomic E-state index is -0.103. The molecule has 0 atom stereocenters. The lowest BCUT2D eigenvalue weighted by molar-refractivity contribution is 0.104. The van der Waals surface area contributed by atoms with Gasteiger partial charge in [-0.1, -0.05) is 94.3 Å². The summed E-state index contributed by atoms with van der Waals surface area (Å²) in [7, 11) is 0. The Morgan fingerprint density at radius 1 is 0.889 bits per heavy atom. The van der Waals surface area contributed by atoms with Gasteiger partial charge in [0.1, 0.15) is 5.75 Å². The number of allylic oxidation sites excluding steroid dienone is 1. The average molecular weight is 365 g/mol. The molecule has 0 heterocycles. The quantitative estimate of drug-likeness (QED) is 0.251. The van der Waals surface area contributed by atoms with Crippen molar-refractivity contribution in [1.29, 1.82) is 0 Å². The number of rotatable bonds is 12.